The summed E-state index contributed by atoms with van der Waals surface area (Å²) in [5.41, 5.74) is 4.72. The van der Waals surface area contributed by atoms with E-state index in [1.54, 1.807) is 23.1 Å². The van der Waals surface area contributed by atoms with Crippen molar-refractivity contribution in [2.75, 3.05) is 33.3 Å². The average Bonchev–Trinajstić information content (AvgIpc) is 2.70. The predicted molar refractivity (Wildman–Crippen MR) is 94.4 cm³/mol. The smallest absolute Gasteiger partial charge is 0.254 e. The molecular formula is C17H21N5O4. The van der Waals surface area contributed by atoms with Crippen molar-refractivity contribution in [2.45, 2.75) is 13.0 Å². The lowest BCUT2D eigenvalue weighted by Gasteiger charge is -2.28. The molecular weight excluding hydrogens is 338 g/mol. The molecule has 2 aromatic rings. The zero-order chi connectivity index (χ0) is 18.7. The summed E-state index contributed by atoms with van der Waals surface area (Å²) in [4.78, 5) is 14.7. The lowest BCUT2D eigenvalue weighted by molar-refractivity contribution is 0.0732. The number of methoxy groups -OCH3 is 3. The van der Waals surface area contributed by atoms with Gasteiger partial charge in [0.2, 0.25) is 5.75 Å². The average molecular weight is 359 g/mol. The number of benzene rings is 1. The van der Waals surface area contributed by atoms with Crippen molar-refractivity contribution >= 4 is 11.7 Å². The van der Waals surface area contributed by atoms with Gasteiger partial charge in [-0.05, 0) is 23.8 Å². The van der Waals surface area contributed by atoms with Gasteiger partial charge < -0.3 is 24.5 Å². The van der Waals surface area contributed by atoms with Gasteiger partial charge in [-0.25, -0.2) is 5.84 Å². The summed E-state index contributed by atoms with van der Waals surface area (Å²) < 4.78 is 16.0. The van der Waals surface area contributed by atoms with Crippen LogP contribution in [-0.2, 0) is 13.0 Å². The van der Waals surface area contributed by atoms with Gasteiger partial charge in [0.05, 0.1) is 27.0 Å². The van der Waals surface area contributed by atoms with Gasteiger partial charge in [-0.1, -0.05) is 0 Å². The first-order chi connectivity index (χ1) is 12.6. The van der Waals surface area contributed by atoms with E-state index < -0.39 is 0 Å². The summed E-state index contributed by atoms with van der Waals surface area (Å²) in [5.74, 6) is 7.04. The Morgan fingerprint density at radius 2 is 1.81 bits per heavy atom. The van der Waals surface area contributed by atoms with Gasteiger partial charge in [-0.3, -0.25) is 4.79 Å². The molecule has 1 aromatic heterocycles. The van der Waals surface area contributed by atoms with Gasteiger partial charge in [-0.2, -0.15) is 5.10 Å². The lowest BCUT2D eigenvalue weighted by atomic mass is 10.0. The molecule has 1 aliphatic heterocycles. The van der Waals surface area contributed by atoms with Gasteiger partial charge in [0, 0.05) is 25.1 Å². The van der Waals surface area contributed by atoms with E-state index in [1.165, 1.54) is 21.3 Å². The molecule has 26 heavy (non-hydrogen) atoms. The van der Waals surface area contributed by atoms with Crippen LogP contribution >= 0.6 is 0 Å². The molecule has 0 spiro atoms. The van der Waals surface area contributed by atoms with Crippen LogP contribution in [0.15, 0.2) is 18.2 Å². The number of hydrogen-bond donors (Lipinski definition) is 2. The largest absolute Gasteiger partial charge is 0.493 e. The van der Waals surface area contributed by atoms with Crippen LogP contribution in [0.5, 0.6) is 17.2 Å². The number of carbonyl (C=O) groups is 1. The molecule has 0 aliphatic carbocycles. The Hall–Kier alpha value is -3.07. The van der Waals surface area contributed by atoms with Crippen molar-refractivity contribution in [3.05, 3.63) is 35.0 Å². The minimum absolute atomic E-state index is 0.131. The maximum Gasteiger partial charge on any atom is 0.254 e. The summed E-state index contributed by atoms with van der Waals surface area (Å²) in [5, 5.41) is 8.11. The highest BCUT2D eigenvalue weighted by atomic mass is 16.5. The minimum Gasteiger partial charge on any atom is -0.493 e. The van der Waals surface area contributed by atoms with Crippen molar-refractivity contribution < 1.29 is 19.0 Å². The van der Waals surface area contributed by atoms with Gasteiger partial charge >= 0.3 is 0 Å². The zero-order valence-corrected chi connectivity index (χ0v) is 14.9. The van der Waals surface area contributed by atoms with Crippen LogP contribution in [-0.4, -0.2) is 48.9 Å². The van der Waals surface area contributed by atoms with E-state index in [0.717, 1.165) is 11.3 Å². The molecule has 0 radical (unpaired) electrons. The zero-order valence-electron chi connectivity index (χ0n) is 14.9. The fourth-order valence-electron chi connectivity index (χ4n) is 2.96. The number of ether oxygens (including phenoxy) is 3. The molecule has 0 unspecified atom stereocenters. The molecule has 3 rings (SSSR count). The van der Waals surface area contributed by atoms with Crippen LogP contribution in [0.1, 0.15) is 21.6 Å². The van der Waals surface area contributed by atoms with Crippen LogP contribution in [0.25, 0.3) is 0 Å². The second-order valence-corrected chi connectivity index (χ2v) is 5.74. The van der Waals surface area contributed by atoms with E-state index in [4.69, 9.17) is 20.1 Å². The van der Waals surface area contributed by atoms with Crippen LogP contribution < -0.4 is 25.5 Å². The number of nitrogens with two attached hydrogens (primary N) is 1. The third-order valence-electron chi connectivity index (χ3n) is 4.29. The standard InChI is InChI=1S/C17H21N5O4/c1-24-13-6-10(7-14(25-2)16(13)26-3)17(23)22-5-4-12-11(9-22)8-15(19-18)21-20-12/h6-8H,4-5,9,18H2,1-3H3,(H,19,21). The monoisotopic (exact) mass is 359 g/mol. The number of amides is 1. The molecule has 0 fully saturated rings. The fraction of sp³-hybridized carbons (Fsp3) is 0.353. The van der Waals surface area contributed by atoms with Crippen molar-refractivity contribution in [1.29, 1.82) is 0 Å². The maximum absolute atomic E-state index is 13.0. The Morgan fingerprint density at radius 1 is 1.12 bits per heavy atom. The Bertz CT molecular complexity index is 802. The highest BCUT2D eigenvalue weighted by Crippen LogP contribution is 2.38. The van der Waals surface area contributed by atoms with Gasteiger partial charge in [0.25, 0.3) is 5.91 Å². The van der Waals surface area contributed by atoms with Gasteiger partial charge in [-0.15, -0.1) is 5.10 Å². The normalized spacial score (nSPS) is 13.0. The third kappa shape index (κ3) is 3.21. The molecule has 0 saturated carbocycles. The molecule has 0 atom stereocenters. The highest BCUT2D eigenvalue weighted by Gasteiger charge is 2.25. The molecule has 1 aromatic carbocycles. The van der Waals surface area contributed by atoms with Crippen molar-refractivity contribution in [3.8, 4) is 17.2 Å². The SMILES string of the molecule is COc1cc(C(=O)N2CCc3nnc(NN)cc3C2)cc(OC)c1OC. The van der Waals surface area contributed by atoms with E-state index in [0.29, 0.717) is 48.1 Å². The third-order valence-corrected chi connectivity index (χ3v) is 4.29. The first-order valence-corrected chi connectivity index (χ1v) is 8.02. The topological polar surface area (TPSA) is 112 Å². The maximum atomic E-state index is 13.0. The van der Waals surface area contributed by atoms with Crippen LogP contribution in [0.3, 0.4) is 0 Å². The summed E-state index contributed by atoms with van der Waals surface area (Å²) in [6.07, 6.45) is 0.628. The lowest BCUT2D eigenvalue weighted by Crippen LogP contribution is -2.36. The van der Waals surface area contributed by atoms with Crippen molar-refractivity contribution in [3.63, 3.8) is 0 Å². The van der Waals surface area contributed by atoms with Crippen molar-refractivity contribution in [2.24, 2.45) is 5.84 Å². The van der Waals surface area contributed by atoms with E-state index >= 15 is 0 Å². The highest BCUT2D eigenvalue weighted by molar-refractivity contribution is 5.95. The van der Waals surface area contributed by atoms with Crippen LogP contribution in [0.2, 0.25) is 0 Å². The Kier molecular flexibility index (Phi) is 5.08. The van der Waals surface area contributed by atoms with E-state index in [1.807, 2.05) is 0 Å². The first kappa shape index (κ1) is 17.7. The number of aromatic nitrogens is 2. The van der Waals surface area contributed by atoms with Gasteiger partial charge in [0.1, 0.15) is 0 Å². The van der Waals surface area contributed by atoms with Gasteiger partial charge in [0.15, 0.2) is 17.3 Å². The summed E-state index contributed by atoms with van der Waals surface area (Å²) in [6.45, 7) is 0.974. The Labute approximate surface area is 151 Å². The van der Waals surface area contributed by atoms with E-state index in [2.05, 4.69) is 15.6 Å². The molecule has 1 amide bonds. The van der Waals surface area contributed by atoms with E-state index in [-0.39, 0.29) is 5.91 Å². The van der Waals surface area contributed by atoms with Crippen LogP contribution in [0, 0.1) is 0 Å². The number of nitrogen functional groups attached to an aromatic ring is 1. The molecule has 138 valence electrons. The number of hydrogen-bond acceptors (Lipinski definition) is 8. The number of hydrazine groups is 1. The Balaban J connectivity index is 1.90. The molecule has 3 N–H and O–H groups in total. The Morgan fingerprint density at radius 3 is 2.38 bits per heavy atom. The van der Waals surface area contributed by atoms with Crippen molar-refractivity contribution in [1.82, 2.24) is 15.1 Å². The predicted octanol–water partition coefficient (Wildman–Crippen LogP) is 0.986. The fourth-order valence-corrected chi connectivity index (χ4v) is 2.96. The molecule has 1 aliphatic rings. The summed E-state index contributed by atoms with van der Waals surface area (Å²) >= 11 is 0. The number of nitrogens with one attached hydrogen (secondary N) is 1. The van der Waals surface area contributed by atoms with Crippen LogP contribution in [0.4, 0.5) is 5.82 Å². The molecule has 2 heterocycles. The first-order valence-electron chi connectivity index (χ1n) is 8.02. The second-order valence-electron chi connectivity index (χ2n) is 5.74. The molecule has 0 saturated heterocycles. The number of carbonyl (C=O) groups excluding carboxylic acids is 1. The quantitative estimate of drug-likeness (QED) is 0.600. The molecule has 0 bridgehead atoms. The minimum atomic E-state index is -0.131. The van der Waals surface area contributed by atoms with E-state index in [9.17, 15) is 4.79 Å². The number of fused-ring (bicyclic) bond motifs is 1. The second kappa shape index (κ2) is 7.44. The number of rotatable bonds is 5. The molecule has 9 heteroatoms. The summed E-state index contributed by atoms with van der Waals surface area (Å²) in [6, 6.07) is 5.10. The molecule has 9 nitrogen and oxygen atoms in total. The number of nitrogens with zero attached hydrogens (tertiary/aromatic N) is 3. The number of anilines is 1. The summed E-state index contributed by atoms with van der Waals surface area (Å²) in [7, 11) is 4.55.